The molecule has 0 aliphatic carbocycles. The van der Waals surface area contributed by atoms with Crippen LogP contribution >= 0.6 is 0 Å². The van der Waals surface area contributed by atoms with Crippen molar-refractivity contribution in [2.75, 3.05) is 7.05 Å². The van der Waals surface area contributed by atoms with Gasteiger partial charge >= 0.3 is 0 Å². The molecule has 0 saturated carbocycles. The highest BCUT2D eigenvalue weighted by Crippen LogP contribution is 1.97. The second kappa shape index (κ2) is 4.13. The van der Waals surface area contributed by atoms with Crippen LogP contribution in [0.15, 0.2) is 16.9 Å². The van der Waals surface area contributed by atoms with Crippen LogP contribution in [0, 0.1) is 0 Å². The van der Waals surface area contributed by atoms with E-state index >= 15 is 0 Å². The molecular weight excluding hydrogens is 112 g/mol. The summed E-state index contributed by atoms with van der Waals surface area (Å²) in [4.78, 5) is 0. The smallest absolute Gasteiger partial charge is 0.0299 e. The van der Waals surface area contributed by atoms with E-state index in [0.29, 0.717) is 0 Å². The van der Waals surface area contributed by atoms with Gasteiger partial charge in [0.1, 0.15) is 0 Å². The Hall–Kier alpha value is -0.790. The Bertz CT molecular complexity index is 125. The maximum Gasteiger partial charge on any atom is 0.0299 e. The maximum absolute atomic E-state index is 4.04. The summed E-state index contributed by atoms with van der Waals surface area (Å²) >= 11 is 0. The number of rotatable bonds is 2. The summed E-state index contributed by atoms with van der Waals surface area (Å²) in [6.45, 7) is 5.92. The molecule has 0 fully saturated rings. The van der Waals surface area contributed by atoms with Crippen LogP contribution in [0.4, 0.5) is 0 Å². The summed E-state index contributed by atoms with van der Waals surface area (Å²) in [6, 6.07) is 0. The minimum atomic E-state index is 1.16. The highest BCUT2D eigenvalue weighted by atomic mass is 15.4. The van der Waals surface area contributed by atoms with E-state index in [0.717, 1.165) is 5.70 Å². The predicted molar refractivity (Wildman–Crippen MR) is 41.4 cm³/mol. The summed E-state index contributed by atoms with van der Waals surface area (Å²) in [5.41, 5.74) is 1.16. The average Bonchev–Trinajstić information content (AvgIpc) is 1.87. The third kappa shape index (κ3) is 2.90. The van der Waals surface area contributed by atoms with Crippen molar-refractivity contribution >= 4 is 6.21 Å². The molecule has 0 N–H and O–H groups in total. The third-order valence-electron chi connectivity index (χ3n) is 1.22. The van der Waals surface area contributed by atoms with Gasteiger partial charge < -0.3 is 0 Å². The van der Waals surface area contributed by atoms with E-state index in [2.05, 4.69) is 5.10 Å². The molecule has 0 spiro atoms. The first kappa shape index (κ1) is 8.21. The lowest BCUT2D eigenvalue weighted by Gasteiger charge is -2.11. The van der Waals surface area contributed by atoms with Crippen molar-refractivity contribution in [1.82, 2.24) is 5.01 Å². The van der Waals surface area contributed by atoms with Gasteiger partial charge in [0.05, 0.1) is 0 Å². The van der Waals surface area contributed by atoms with Crippen LogP contribution in [0.5, 0.6) is 0 Å². The Balaban J connectivity index is 3.88. The van der Waals surface area contributed by atoms with Gasteiger partial charge in [-0.1, -0.05) is 6.08 Å². The van der Waals surface area contributed by atoms with Gasteiger partial charge in [-0.2, -0.15) is 5.10 Å². The lowest BCUT2D eigenvalue weighted by atomic mass is 10.4. The van der Waals surface area contributed by atoms with Gasteiger partial charge in [0.25, 0.3) is 0 Å². The molecule has 0 saturated heterocycles. The number of nitrogens with zero attached hydrogens (tertiary/aromatic N) is 2. The highest BCUT2D eigenvalue weighted by Gasteiger charge is 1.89. The molecule has 0 aromatic heterocycles. The summed E-state index contributed by atoms with van der Waals surface area (Å²) in [7, 11) is 1.93. The zero-order chi connectivity index (χ0) is 7.28. The maximum atomic E-state index is 4.04. The largest absolute Gasteiger partial charge is 0.274 e. The van der Waals surface area contributed by atoms with Gasteiger partial charge in [-0.05, 0) is 20.8 Å². The van der Waals surface area contributed by atoms with E-state index in [-0.39, 0.29) is 0 Å². The van der Waals surface area contributed by atoms with Crippen molar-refractivity contribution < 1.29 is 0 Å². The molecule has 0 radical (unpaired) electrons. The van der Waals surface area contributed by atoms with Gasteiger partial charge in [-0.3, -0.25) is 5.01 Å². The van der Waals surface area contributed by atoms with E-state index in [4.69, 9.17) is 0 Å². The Kier molecular flexibility index (Phi) is 3.76. The third-order valence-corrected chi connectivity index (χ3v) is 1.22. The van der Waals surface area contributed by atoms with E-state index in [9.17, 15) is 0 Å². The Morgan fingerprint density at radius 3 is 2.33 bits per heavy atom. The SMILES string of the molecule is C/C=N/N(C)/C(C)=C/C. The van der Waals surface area contributed by atoms with E-state index in [1.54, 1.807) is 6.21 Å². The zero-order valence-corrected chi connectivity index (χ0v) is 6.55. The summed E-state index contributed by atoms with van der Waals surface area (Å²) < 4.78 is 0. The molecule has 0 heterocycles. The first-order valence-corrected chi connectivity index (χ1v) is 3.07. The van der Waals surface area contributed by atoms with E-state index < -0.39 is 0 Å². The normalized spacial score (nSPS) is 12.7. The molecule has 0 bridgehead atoms. The summed E-state index contributed by atoms with van der Waals surface area (Å²) in [6.07, 6.45) is 3.79. The molecule has 0 amide bonds. The molecule has 0 aromatic carbocycles. The second-order valence-electron chi connectivity index (χ2n) is 1.83. The topological polar surface area (TPSA) is 15.6 Å². The summed E-state index contributed by atoms with van der Waals surface area (Å²) in [5.74, 6) is 0. The fourth-order valence-corrected chi connectivity index (χ4v) is 0.451. The minimum absolute atomic E-state index is 1.16. The molecule has 0 atom stereocenters. The van der Waals surface area contributed by atoms with Crippen LogP contribution in [0.2, 0.25) is 0 Å². The highest BCUT2D eigenvalue weighted by molar-refractivity contribution is 5.52. The molecule has 52 valence electrons. The molecule has 0 aliphatic heterocycles. The lowest BCUT2D eigenvalue weighted by Crippen LogP contribution is -2.06. The van der Waals surface area contributed by atoms with Crippen molar-refractivity contribution in [3.63, 3.8) is 0 Å². The monoisotopic (exact) mass is 126 g/mol. The van der Waals surface area contributed by atoms with Crippen LogP contribution in [0.3, 0.4) is 0 Å². The van der Waals surface area contributed by atoms with Crippen molar-refractivity contribution in [3.8, 4) is 0 Å². The minimum Gasteiger partial charge on any atom is -0.274 e. The number of hydrogen-bond donors (Lipinski definition) is 0. The van der Waals surface area contributed by atoms with Gasteiger partial charge in [-0.25, -0.2) is 0 Å². The molecule has 0 aliphatic rings. The standard InChI is InChI=1S/C7H14N2/c1-5-7(3)9(4)8-6-2/h5-6H,1-4H3/b7-5+,8-6+. The molecule has 0 unspecified atom stereocenters. The first-order chi connectivity index (χ1) is 4.22. The van der Waals surface area contributed by atoms with Crippen molar-refractivity contribution in [2.45, 2.75) is 20.8 Å². The summed E-state index contributed by atoms with van der Waals surface area (Å²) in [5, 5.41) is 5.87. The van der Waals surface area contributed by atoms with E-state index in [1.807, 2.05) is 38.9 Å². The Morgan fingerprint density at radius 2 is 2.00 bits per heavy atom. The Labute approximate surface area is 56.9 Å². The molecule has 2 heteroatoms. The lowest BCUT2D eigenvalue weighted by molar-refractivity contribution is 0.448. The van der Waals surface area contributed by atoms with Crippen molar-refractivity contribution in [3.05, 3.63) is 11.8 Å². The van der Waals surface area contributed by atoms with Crippen LogP contribution in [-0.2, 0) is 0 Å². The first-order valence-electron chi connectivity index (χ1n) is 3.07. The van der Waals surface area contributed by atoms with E-state index in [1.165, 1.54) is 0 Å². The van der Waals surface area contributed by atoms with Crippen LogP contribution < -0.4 is 0 Å². The van der Waals surface area contributed by atoms with Crippen molar-refractivity contribution in [2.24, 2.45) is 5.10 Å². The Morgan fingerprint density at radius 1 is 1.44 bits per heavy atom. The fraction of sp³-hybridized carbons (Fsp3) is 0.571. The molecule has 9 heavy (non-hydrogen) atoms. The van der Waals surface area contributed by atoms with Crippen LogP contribution in [0.25, 0.3) is 0 Å². The van der Waals surface area contributed by atoms with Crippen molar-refractivity contribution in [1.29, 1.82) is 0 Å². The quantitative estimate of drug-likeness (QED) is 0.407. The van der Waals surface area contributed by atoms with Gasteiger partial charge in [0.2, 0.25) is 0 Å². The fourth-order valence-electron chi connectivity index (χ4n) is 0.451. The zero-order valence-electron chi connectivity index (χ0n) is 6.55. The molecule has 2 nitrogen and oxygen atoms in total. The molecule has 0 rings (SSSR count). The predicted octanol–water partition coefficient (Wildman–Crippen LogP) is 1.85. The van der Waals surface area contributed by atoms with Gasteiger partial charge in [0, 0.05) is 19.0 Å². The van der Waals surface area contributed by atoms with Crippen LogP contribution in [0.1, 0.15) is 20.8 Å². The molecular formula is C7H14N2. The molecule has 0 aromatic rings. The number of hydrogen-bond acceptors (Lipinski definition) is 2. The average molecular weight is 126 g/mol. The van der Waals surface area contributed by atoms with Gasteiger partial charge in [0.15, 0.2) is 0 Å². The number of allylic oxidation sites excluding steroid dienone is 2. The van der Waals surface area contributed by atoms with Gasteiger partial charge in [-0.15, -0.1) is 0 Å². The second-order valence-corrected chi connectivity index (χ2v) is 1.83. The van der Waals surface area contributed by atoms with Crippen LogP contribution in [-0.4, -0.2) is 18.3 Å². The number of hydrazone groups is 1.